The summed E-state index contributed by atoms with van der Waals surface area (Å²) in [5.41, 5.74) is 5.66. The molecular formula is C14H19N5O2. The minimum atomic E-state index is -0.518. The molecule has 0 spiro atoms. The first-order valence-corrected chi connectivity index (χ1v) is 7.14. The van der Waals surface area contributed by atoms with Crippen molar-refractivity contribution in [3.8, 4) is 6.07 Å². The first-order chi connectivity index (χ1) is 10.1. The second kappa shape index (κ2) is 6.50. The topological polar surface area (TPSA) is 109 Å². The molecule has 0 aromatic carbocycles. The number of hydrogen-bond donors (Lipinski definition) is 1. The second-order valence-corrected chi connectivity index (χ2v) is 5.18. The number of pyridine rings is 1. The fourth-order valence-corrected chi connectivity index (χ4v) is 3.17. The van der Waals surface area contributed by atoms with Gasteiger partial charge in [0.15, 0.2) is 0 Å². The molecule has 7 nitrogen and oxygen atoms in total. The number of anilines is 1. The highest BCUT2D eigenvalue weighted by molar-refractivity contribution is 5.65. The van der Waals surface area contributed by atoms with E-state index in [-0.39, 0.29) is 23.1 Å². The van der Waals surface area contributed by atoms with Crippen LogP contribution < -0.4 is 10.6 Å². The lowest BCUT2D eigenvalue weighted by atomic mass is 10.0. The second-order valence-electron chi connectivity index (χ2n) is 5.18. The molecule has 1 heterocycles. The molecule has 2 unspecified atom stereocenters. The van der Waals surface area contributed by atoms with Crippen molar-refractivity contribution in [1.29, 1.82) is 5.26 Å². The lowest BCUT2D eigenvalue weighted by Gasteiger charge is -2.32. The zero-order valence-corrected chi connectivity index (χ0v) is 12.0. The molecule has 0 amide bonds. The van der Waals surface area contributed by atoms with Crippen LogP contribution in [0.5, 0.6) is 0 Å². The Kier molecular flexibility index (Phi) is 4.70. The summed E-state index contributed by atoms with van der Waals surface area (Å²) in [5, 5.41) is 20.4. The third kappa shape index (κ3) is 2.81. The summed E-state index contributed by atoms with van der Waals surface area (Å²) in [5.74, 6) is 0.601. The summed E-state index contributed by atoms with van der Waals surface area (Å²) >= 11 is 0. The van der Waals surface area contributed by atoms with Gasteiger partial charge in [0.2, 0.25) is 5.82 Å². The number of nitrogens with two attached hydrogens (primary N) is 1. The molecule has 1 aliphatic carbocycles. The van der Waals surface area contributed by atoms with Crippen LogP contribution in [-0.4, -0.2) is 29.0 Å². The number of nitriles is 1. The molecule has 2 rings (SSSR count). The molecule has 0 aliphatic heterocycles. The molecule has 0 bridgehead atoms. The summed E-state index contributed by atoms with van der Waals surface area (Å²) in [6.45, 7) is 3.10. The average Bonchev–Trinajstić information content (AvgIpc) is 2.95. The van der Waals surface area contributed by atoms with Gasteiger partial charge in [-0.1, -0.05) is 6.42 Å². The van der Waals surface area contributed by atoms with Crippen molar-refractivity contribution in [2.45, 2.75) is 32.2 Å². The standard InChI is InChI=1S/C14H19N5O2/c1-2-18(12-5-3-4-10(12)8-15)14-13(19(20)21)11(9-16)6-7-17-14/h6-7,10,12H,2-5,8,15H2,1H3. The maximum absolute atomic E-state index is 11.4. The number of hydrogen-bond acceptors (Lipinski definition) is 6. The van der Waals surface area contributed by atoms with E-state index in [1.807, 2.05) is 17.9 Å². The van der Waals surface area contributed by atoms with E-state index in [0.29, 0.717) is 19.0 Å². The Balaban J connectivity index is 2.48. The van der Waals surface area contributed by atoms with Gasteiger partial charge in [-0.25, -0.2) is 4.98 Å². The van der Waals surface area contributed by atoms with Gasteiger partial charge < -0.3 is 10.6 Å². The van der Waals surface area contributed by atoms with Gasteiger partial charge in [0.05, 0.1) is 4.92 Å². The summed E-state index contributed by atoms with van der Waals surface area (Å²) < 4.78 is 0. The lowest BCUT2D eigenvalue weighted by molar-refractivity contribution is -0.384. The van der Waals surface area contributed by atoms with E-state index >= 15 is 0 Å². The minimum absolute atomic E-state index is 0.0470. The highest BCUT2D eigenvalue weighted by Crippen LogP contribution is 2.36. The molecule has 1 saturated carbocycles. The monoisotopic (exact) mass is 289 g/mol. The molecule has 21 heavy (non-hydrogen) atoms. The van der Waals surface area contributed by atoms with E-state index in [2.05, 4.69) is 4.98 Å². The van der Waals surface area contributed by atoms with E-state index < -0.39 is 4.92 Å². The van der Waals surface area contributed by atoms with Gasteiger partial charge in [0, 0.05) is 18.8 Å². The van der Waals surface area contributed by atoms with Crippen LogP contribution in [0.15, 0.2) is 12.3 Å². The first kappa shape index (κ1) is 15.2. The van der Waals surface area contributed by atoms with Crippen LogP contribution in [0.1, 0.15) is 31.7 Å². The van der Waals surface area contributed by atoms with E-state index in [9.17, 15) is 10.1 Å². The van der Waals surface area contributed by atoms with Crippen LogP contribution in [-0.2, 0) is 0 Å². The lowest BCUT2D eigenvalue weighted by Crippen LogP contribution is -2.41. The molecule has 1 aliphatic rings. The van der Waals surface area contributed by atoms with Crippen LogP contribution in [0.2, 0.25) is 0 Å². The fourth-order valence-electron chi connectivity index (χ4n) is 3.17. The van der Waals surface area contributed by atoms with Gasteiger partial charge >= 0.3 is 5.69 Å². The van der Waals surface area contributed by atoms with Crippen LogP contribution in [0.25, 0.3) is 0 Å². The predicted octanol–water partition coefficient (Wildman–Crippen LogP) is 1.82. The molecule has 112 valence electrons. The molecule has 2 atom stereocenters. The third-order valence-electron chi connectivity index (χ3n) is 4.14. The third-order valence-corrected chi connectivity index (χ3v) is 4.14. The normalized spacial score (nSPS) is 21.0. The quantitative estimate of drug-likeness (QED) is 0.654. The zero-order chi connectivity index (χ0) is 15.4. The first-order valence-electron chi connectivity index (χ1n) is 7.14. The van der Waals surface area contributed by atoms with Crippen molar-refractivity contribution in [2.24, 2.45) is 11.7 Å². The molecular weight excluding hydrogens is 270 g/mol. The van der Waals surface area contributed by atoms with Gasteiger partial charge in [-0.2, -0.15) is 5.26 Å². The Bertz CT molecular complexity index is 569. The van der Waals surface area contributed by atoms with E-state index in [1.165, 1.54) is 12.3 Å². The summed E-state index contributed by atoms with van der Waals surface area (Å²) in [6.07, 6.45) is 4.50. The van der Waals surface area contributed by atoms with Gasteiger partial charge in [0.25, 0.3) is 0 Å². The van der Waals surface area contributed by atoms with Gasteiger partial charge in [-0.05, 0) is 38.3 Å². The fraction of sp³-hybridized carbons (Fsp3) is 0.571. The molecule has 1 fully saturated rings. The van der Waals surface area contributed by atoms with Crippen LogP contribution in [0.3, 0.4) is 0 Å². The van der Waals surface area contributed by atoms with E-state index in [4.69, 9.17) is 11.0 Å². The van der Waals surface area contributed by atoms with Crippen molar-refractivity contribution >= 4 is 11.5 Å². The van der Waals surface area contributed by atoms with Crippen LogP contribution >= 0.6 is 0 Å². The Morgan fingerprint density at radius 1 is 1.62 bits per heavy atom. The maximum atomic E-state index is 11.4. The average molecular weight is 289 g/mol. The predicted molar refractivity (Wildman–Crippen MR) is 78.8 cm³/mol. The number of rotatable bonds is 5. The van der Waals surface area contributed by atoms with E-state index in [0.717, 1.165) is 19.3 Å². The van der Waals surface area contributed by atoms with Crippen LogP contribution in [0.4, 0.5) is 11.5 Å². The highest BCUT2D eigenvalue weighted by atomic mass is 16.6. The summed E-state index contributed by atoms with van der Waals surface area (Å²) in [7, 11) is 0. The Morgan fingerprint density at radius 3 is 2.95 bits per heavy atom. The number of nitrogens with zero attached hydrogens (tertiary/aromatic N) is 4. The Labute approximate surface area is 123 Å². The van der Waals surface area contributed by atoms with Gasteiger partial charge in [-0.3, -0.25) is 10.1 Å². The van der Waals surface area contributed by atoms with Crippen molar-refractivity contribution in [3.63, 3.8) is 0 Å². The highest BCUT2D eigenvalue weighted by Gasteiger charge is 2.35. The molecule has 0 saturated heterocycles. The van der Waals surface area contributed by atoms with Crippen molar-refractivity contribution < 1.29 is 4.92 Å². The van der Waals surface area contributed by atoms with Crippen LogP contribution in [0, 0.1) is 27.4 Å². The maximum Gasteiger partial charge on any atom is 0.329 e. The number of nitro groups is 1. The van der Waals surface area contributed by atoms with Crippen molar-refractivity contribution in [3.05, 3.63) is 27.9 Å². The molecule has 2 N–H and O–H groups in total. The van der Waals surface area contributed by atoms with Gasteiger partial charge in [0.1, 0.15) is 11.6 Å². The minimum Gasteiger partial charge on any atom is -0.348 e. The molecule has 1 aromatic heterocycles. The molecule has 1 aromatic rings. The Hall–Kier alpha value is -2.20. The summed E-state index contributed by atoms with van der Waals surface area (Å²) in [4.78, 5) is 17.0. The molecule has 7 heteroatoms. The van der Waals surface area contributed by atoms with E-state index in [1.54, 1.807) is 0 Å². The van der Waals surface area contributed by atoms with Gasteiger partial charge in [-0.15, -0.1) is 0 Å². The SMILES string of the molecule is CCN(c1nccc(C#N)c1[N+](=O)[O-])C1CCCC1CN. The largest absolute Gasteiger partial charge is 0.348 e. The van der Waals surface area contributed by atoms with Crippen molar-refractivity contribution in [1.82, 2.24) is 4.98 Å². The smallest absolute Gasteiger partial charge is 0.329 e. The number of aromatic nitrogens is 1. The molecule has 0 radical (unpaired) electrons. The zero-order valence-electron chi connectivity index (χ0n) is 12.0. The van der Waals surface area contributed by atoms with Crippen molar-refractivity contribution in [2.75, 3.05) is 18.0 Å². The summed E-state index contributed by atoms with van der Waals surface area (Å²) in [6, 6.07) is 3.41. The Morgan fingerprint density at radius 2 is 2.38 bits per heavy atom.